The SMILES string of the molecule is C=C1c2c(nc(CCOCCC)n2Cc2ccc(C#N)cc2)N(C)C(=O)N1C. The molecule has 0 radical (unpaired) electrons. The van der Waals surface area contributed by atoms with Crippen LogP contribution in [0.25, 0.3) is 5.70 Å². The topological polar surface area (TPSA) is 74.4 Å². The number of ether oxygens (including phenoxy) is 1. The first kappa shape index (κ1) is 19.6. The fourth-order valence-electron chi connectivity index (χ4n) is 3.23. The Morgan fingerprint density at radius 2 is 1.89 bits per heavy atom. The molecular weight excluding hydrogens is 354 g/mol. The van der Waals surface area contributed by atoms with Crippen molar-refractivity contribution >= 4 is 17.5 Å². The van der Waals surface area contributed by atoms with Gasteiger partial charge in [-0.15, -0.1) is 0 Å². The van der Waals surface area contributed by atoms with Crippen LogP contribution < -0.4 is 4.90 Å². The van der Waals surface area contributed by atoms with Crippen molar-refractivity contribution in [1.82, 2.24) is 14.5 Å². The molecule has 0 saturated heterocycles. The highest BCUT2D eigenvalue weighted by atomic mass is 16.5. The molecule has 0 unspecified atom stereocenters. The molecule has 1 aliphatic heterocycles. The van der Waals surface area contributed by atoms with Crippen molar-refractivity contribution in [3.05, 3.63) is 53.5 Å². The Hall–Kier alpha value is -3.11. The second-order valence-corrected chi connectivity index (χ2v) is 6.80. The van der Waals surface area contributed by atoms with Crippen LogP contribution in [0.15, 0.2) is 30.8 Å². The van der Waals surface area contributed by atoms with E-state index in [0.29, 0.717) is 43.3 Å². The van der Waals surface area contributed by atoms with Gasteiger partial charge in [0.2, 0.25) is 0 Å². The van der Waals surface area contributed by atoms with Gasteiger partial charge in [-0.05, 0) is 24.1 Å². The molecule has 7 nitrogen and oxygen atoms in total. The number of anilines is 1. The quantitative estimate of drug-likeness (QED) is 0.692. The zero-order chi connectivity index (χ0) is 20.3. The van der Waals surface area contributed by atoms with Gasteiger partial charge in [0, 0.05) is 33.7 Å². The summed E-state index contributed by atoms with van der Waals surface area (Å²) in [6.45, 7) is 8.05. The van der Waals surface area contributed by atoms with Crippen molar-refractivity contribution in [2.45, 2.75) is 26.3 Å². The molecule has 1 aromatic carbocycles. The van der Waals surface area contributed by atoms with Crippen LogP contribution in [0.5, 0.6) is 0 Å². The Bertz CT molecular complexity index is 924. The van der Waals surface area contributed by atoms with Gasteiger partial charge in [-0.1, -0.05) is 25.6 Å². The van der Waals surface area contributed by atoms with Crippen LogP contribution in [0.2, 0.25) is 0 Å². The molecule has 0 fully saturated rings. The number of carbonyl (C=O) groups excluding carboxylic acids is 1. The van der Waals surface area contributed by atoms with E-state index in [0.717, 1.165) is 23.5 Å². The lowest BCUT2D eigenvalue weighted by molar-refractivity contribution is 0.136. The lowest BCUT2D eigenvalue weighted by atomic mass is 10.1. The van der Waals surface area contributed by atoms with E-state index in [9.17, 15) is 4.79 Å². The molecule has 2 amide bonds. The van der Waals surface area contributed by atoms with Crippen LogP contribution in [0, 0.1) is 11.3 Å². The molecule has 7 heteroatoms. The Morgan fingerprint density at radius 1 is 1.18 bits per heavy atom. The van der Waals surface area contributed by atoms with Crippen molar-refractivity contribution in [2.75, 3.05) is 32.2 Å². The van der Waals surface area contributed by atoms with E-state index in [1.807, 2.05) is 12.1 Å². The molecule has 0 N–H and O–H groups in total. The van der Waals surface area contributed by atoms with Gasteiger partial charge in [0.05, 0.1) is 23.9 Å². The molecule has 0 saturated carbocycles. The zero-order valence-electron chi connectivity index (χ0n) is 16.6. The third-order valence-corrected chi connectivity index (χ3v) is 4.84. The second kappa shape index (κ2) is 8.28. The van der Waals surface area contributed by atoms with Gasteiger partial charge in [-0.3, -0.25) is 9.80 Å². The number of amides is 2. The number of imidazole rings is 1. The van der Waals surface area contributed by atoms with E-state index in [-0.39, 0.29) is 6.03 Å². The minimum absolute atomic E-state index is 0.158. The fourth-order valence-corrected chi connectivity index (χ4v) is 3.23. The first-order valence-corrected chi connectivity index (χ1v) is 9.34. The predicted octanol–water partition coefficient (Wildman–Crippen LogP) is 3.24. The van der Waals surface area contributed by atoms with Gasteiger partial charge in [-0.2, -0.15) is 5.26 Å². The molecule has 3 rings (SSSR count). The molecule has 28 heavy (non-hydrogen) atoms. The Morgan fingerprint density at radius 3 is 2.54 bits per heavy atom. The number of rotatable bonds is 7. The first-order chi connectivity index (χ1) is 13.5. The summed E-state index contributed by atoms with van der Waals surface area (Å²) < 4.78 is 7.74. The molecule has 1 aliphatic rings. The van der Waals surface area contributed by atoms with Gasteiger partial charge in [0.25, 0.3) is 0 Å². The highest BCUT2D eigenvalue weighted by molar-refractivity contribution is 6.02. The summed E-state index contributed by atoms with van der Waals surface area (Å²) in [5, 5.41) is 9.01. The standard InChI is InChI=1S/C21H25N5O2/c1-5-11-28-12-10-18-23-20-19(15(2)24(3)21(27)25(20)4)26(18)14-17-8-6-16(13-22)7-9-17/h6-9H,2,5,10-12,14H2,1,3-4H3. The maximum Gasteiger partial charge on any atom is 0.329 e. The molecule has 0 bridgehead atoms. The second-order valence-electron chi connectivity index (χ2n) is 6.80. The number of benzene rings is 1. The van der Waals surface area contributed by atoms with E-state index in [4.69, 9.17) is 15.0 Å². The van der Waals surface area contributed by atoms with Gasteiger partial charge in [0.15, 0.2) is 5.82 Å². The minimum Gasteiger partial charge on any atom is -0.381 e. The molecule has 0 aliphatic carbocycles. The van der Waals surface area contributed by atoms with Crippen molar-refractivity contribution in [2.24, 2.45) is 0 Å². The minimum atomic E-state index is -0.158. The summed E-state index contributed by atoms with van der Waals surface area (Å²) in [6, 6.07) is 9.46. The number of hydrogen-bond acceptors (Lipinski definition) is 4. The maximum absolute atomic E-state index is 12.4. The monoisotopic (exact) mass is 379 g/mol. The van der Waals surface area contributed by atoms with Crippen LogP contribution in [-0.2, 0) is 17.7 Å². The van der Waals surface area contributed by atoms with E-state index >= 15 is 0 Å². The Balaban J connectivity index is 1.99. The van der Waals surface area contributed by atoms with Gasteiger partial charge in [-0.25, -0.2) is 9.78 Å². The Labute approximate surface area is 165 Å². The highest BCUT2D eigenvalue weighted by Gasteiger charge is 2.34. The number of hydrogen-bond donors (Lipinski definition) is 0. The molecule has 2 heterocycles. The maximum atomic E-state index is 12.4. The number of fused-ring (bicyclic) bond motifs is 1. The summed E-state index contributed by atoms with van der Waals surface area (Å²) in [5.41, 5.74) is 3.13. The number of nitriles is 1. The summed E-state index contributed by atoms with van der Waals surface area (Å²) >= 11 is 0. The predicted molar refractivity (Wildman–Crippen MR) is 108 cm³/mol. The van der Waals surface area contributed by atoms with E-state index in [1.165, 1.54) is 4.90 Å². The van der Waals surface area contributed by atoms with Crippen molar-refractivity contribution in [3.8, 4) is 6.07 Å². The van der Waals surface area contributed by atoms with Crippen molar-refractivity contribution in [3.63, 3.8) is 0 Å². The first-order valence-electron chi connectivity index (χ1n) is 9.34. The zero-order valence-corrected chi connectivity index (χ0v) is 16.6. The van der Waals surface area contributed by atoms with Crippen molar-refractivity contribution < 1.29 is 9.53 Å². The third-order valence-electron chi connectivity index (χ3n) is 4.84. The smallest absolute Gasteiger partial charge is 0.329 e. The highest BCUT2D eigenvalue weighted by Crippen LogP contribution is 2.34. The molecular formula is C21H25N5O2. The van der Waals surface area contributed by atoms with Gasteiger partial charge < -0.3 is 9.30 Å². The lowest BCUT2D eigenvalue weighted by Crippen LogP contribution is -2.42. The molecule has 2 aromatic rings. The van der Waals surface area contributed by atoms with Gasteiger partial charge >= 0.3 is 6.03 Å². The number of nitrogens with zero attached hydrogens (tertiary/aromatic N) is 5. The number of carbonyl (C=O) groups is 1. The average molecular weight is 379 g/mol. The van der Waals surface area contributed by atoms with Gasteiger partial charge in [0.1, 0.15) is 11.5 Å². The largest absolute Gasteiger partial charge is 0.381 e. The summed E-state index contributed by atoms with van der Waals surface area (Å²) in [7, 11) is 3.44. The molecule has 0 spiro atoms. The summed E-state index contributed by atoms with van der Waals surface area (Å²) in [4.78, 5) is 20.3. The lowest BCUT2D eigenvalue weighted by Gasteiger charge is -2.32. The van der Waals surface area contributed by atoms with Crippen molar-refractivity contribution in [1.29, 1.82) is 5.26 Å². The van der Waals surface area contributed by atoms with Crippen LogP contribution in [0.3, 0.4) is 0 Å². The van der Waals surface area contributed by atoms with Crippen LogP contribution >= 0.6 is 0 Å². The van der Waals surface area contributed by atoms with Crippen LogP contribution in [0.1, 0.15) is 36.0 Å². The molecule has 146 valence electrons. The summed E-state index contributed by atoms with van der Waals surface area (Å²) in [6.07, 6.45) is 1.61. The van der Waals surface area contributed by atoms with E-state index < -0.39 is 0 Å². The Kier molecular flexibility index (Phi) is 5.81. The van der Waals surface area contributed by atoms with E-state index in [1.54, 1.807) is 31.1 Å². The number of urea groups is 1. The average Bonchev–Trinajstić information content (AvgIpc) is 3.07. The summed E-state index contributed by atoms with van der Waals surface area (Å²) in [5.74, 6) is 1.47. The number of aromatic nitrogens is 2. The third kappa shape index (κ3) is 3.64. The van der Waals surface area contributed by atoms with E-state index in [2.05, 4.69) is 24.1 Å². The molecule has 0 atom stereocenters. The normalized spacial score (nSPS) is 13.6. The fraction of sp³-hybridized carbons (Fsp3) is 0.381. The molecule has 1 aromatic heterocycles. The van der Waals surface area contributed by atoms with Crippen LogP contribution in [0.4, 0.5) is 10.6 Å². The van der Waals surface area contributed by atoms with Crippen LogP contribution in [-0.4, -0.2) is 47.8 Å².